The highest BCUT2D eigenvalue weighted by molar-refractivity contribution is 5.66. The van der Waals surface area contributed by atoms with Crippen molar-refractivity contribution < 1.29 is 14.6 Å². The zero-order valence-corrected chi connectivity index (χ0v) is 8.19. The molecule has 0 aromatic rings. The average molecular weight is 187 g/mol. The summed E-state index contributed by atoms with van der Waals surface area (Å²) in [5, 5.41) is 8.56. The van der Waals surface area contributed by atoms with Crippen molar-refractivity contribution in [1.82, 2.24) is 4.90 Å². The molecule has 0 spiro atoms. The molecule has 2 atom stereocenters. The number of carboxylic acids is 1. The maximum absolute atomic E-state index is 10.4. The fourth-order valence-electron chi connectivity index (χ4n) is 1.93. The van der Waals surface area contributed by atoms with Crippen molar-refractivity contribution in [3.05, 3.63) is 0 Å². The summed E-state index contributed by atoms with van der Waals surface area (Å²) >= 11 is 0. The molecule has 0 saturated carbocycles. The molecule has 0 aliphatic carbocycles. The molecule has 1 aliphatic rings. The Balaban J connectivity index is 2.40. The molecule has 1 heterocycles. The van der Waals surface area contributed by atoms with Crippen LogP contribution in [0.3, 0.4) is 0 Å². The van der Waals surface area contributed by atoms with E-state index in [9.17, 15) is 4.79 Å². The second kappa shape index (κ2) is 4.58. The zero-order valence-electron chi connectivity index (χ0n) is 8.19. The van der Waals surface area contributed by atoms with Gasteiger partial charge in [0, 0.05) is 26.1 Å². The van der Waals surface area contributed by atoms with Gasteiger partial charge in [0.05, 0.1) is 6.10 Å². The average Bonchev–Trinajstić information content (AvgIpc) is 2.43. The van der Waals surface area contributed by atoms with Crippen LogP contribution in [0.4, 0.5) is 0 Å². The molecule has 0 amide bonds. The van der Waals surface area contributed by atoms with Crippen molar-refractivity contribution in [2.24, 2.45) is 0 Å². The first kappa shape index (κ1) is 10.5. The summed E-state index contributed by atoms with van der Waals surface area (Å²) in [6, 6.07) is 0.279. The van der Waals surface area contributed by atoms with Crippen molar-refractivity contribution in [3.63, 3.8) is 0 Å². The van der Waals surface area contributed by atoms with E-state index in [1.807, 2.05) is 7.05 Å². The van der Waals surface area contributed by atoms with Crippen LogP contribution in [0.5, 0.6) is 0 Å². The van der Waals surface area contributed by atoms with Gasteiger partial charge in [-0.05, 0) is 19.9 Å². The molecule has 0 aromatic heterocycles. The van der Waals surface area contributed by atoms with Crippen LogP contribution >= 0.6 is 0 Å². The molecular formula is C9H17NO3. The lowest BCUT2D eigenvalue weighted by Gasteiger charge is -2.23. The number of likely N-dealkylation sites (tertiary alicyclic amines) is 1. The Morgan fingerprint density at radius 2 is 2.38 bits per heavy atom. The quantitative estimate of drug-likeness (QED) is 0.699. The molecule has 0 bridgehead atoms. The van der Waals surface area contributed by atoms with Gasteiger partial charge in [0.25, 0.3) is 0 Å². The van der Waals surface area contributed by atoms with Gasteiger partial charge in [0.15, 0.2) is 0 Å². The van der Waals surface area contributed by atoms with Crippen LogP contribution in [0.15, 0.2) is 0 Å². The summed E-state index contributed by atoms with van der Waals surface area (Å²) in [4.78, 5) is 12.6. The van der Waals surface area contributed by atoms with E-state index in [4.69, 9.17) is 9.84 Å². The number of carbonyl (C=O) groups is 1. The number of ether oxygens (including phenoxy) is 1. The predicted molar refractivity (Wildman–Crippen MR) is 48.7 cm³/mol. The highest BCUT2D eigenvalue weighted by Crippen LogP contribution is 2.22. The van der Waals surface area contributed by atoms with Crippen molar-refractivity contribution in [3.8, 4) is 0 Å². The Hall–Kier alpha value is -0.610. The fourth-order valence-corrected chi connectivity index (χ4v) is 1.93. The molecule has 1 fully saturated rings. The second-order valence-corrected chi connectivity index (χ2v) is 3.54. The molecule has 0 aromatic carbocycles. The first-order valence-corrected chi connectivity index (χ1v) is 4.60. The molecule has 2 unspecified atom stereocenters. The summed E-state index contributed by atoms with van der Waals surface area (Å²) in [6.45, 7) is 1.00. The number of carboxylic acid groups (broad SMARTS) is 1. The first-order valence-electron chi connectivity index (χ1n) is 4.60. The summed E-state index contributed by atoms with van der Waals surface area (Å²) in [7, 11) is 3.71. The normalized spacial score (nSPS) is 29.4. The lowest BCUT2D eigenvalue weighted by atomic mass is 10.1. The van der Waals surface area contributed by atoms with Crippen LogP contribution in [0.25, 0.3) is 0 Å². The van der Waals surface area contributed by atoms with Gasteiger partial charge in [0.1, 0.15) is 0 Å². The fraction of sp³-hybridized carbons (Fsp3) is 0.889. The molecule has 13 heavy (non-hydrogen) atoms. The number of methoxy groups -OCH3 is 1. The van der Waals surface area contributed by atoms with E-state index in [2.05, 4.69) is 4.90 Å². The van der Waals surface area contributed by atoms with Gasteiger partial charge in [-0.1, -0.05) is 0 Å². The van der Waals surface area contributed by atoms with Crippen molar-refractivity contribution in [2.75, 3.05) is 20.7 Å². The van der Waals surface area contributed by atoms with E-state index in [-0.39, 0.29) is 18.6 Å². The van der Waals surface area contributed by atoms with E-state index in [1.54, 1.807) is 7.11 Å². The second-order valence-electron chi connectivity index (χ2n) is 3.54. The number of nitrogens with zero attached hydrogens (tertiary/aromatic N) is 1. The van der Waals surface area contributed by atoms with Crippen LogP contribution < -0.4 is 0 Å². The third-order valence-electron chi connectivity index (χ3n) is 2.72. The lowest BCUT2D eigenvalue weighted by Crippen LogP contribution is -2.33. The Labute approximate surface area is 78.5 Å². The minimum Gasteiger partial charge on any atom is -0.481 e. The number of hydrogen-bond donors (Lipinski definition) is 1. The summed E-state index contributed by atoms with van der Waals surface area (Å²) in [5.41, 5.74) is 0. The van der Waals surface area contributed by atoms with Gasteiger partial charge in [-0.15, -0.1) is 0 Å². The van der Waals surface area contributed by atoms with E-state index in [1.165, 1.54) is 0 Å². The topological polar surface area (TPSA) is 49.8 Å². The monoisotopic (exact) mass is 187 g/mol. The van der Waals surface area contributed by atoms with Gasteiger partial charge in [-0.25, -0.2) is 0 Å². The minimum atomic E-state index is -0.727. The lowest BCUT2D eigenvalue weighted by molar-refractivity contribution is -0.137. The molecule has 0 radical (unpaired) electrons. The van der Waals surface area contributed by atoms with Crippen LogP contribution in [0, 0.1) is 0 Å². The highest BCUT2D eigenvalue weighted by atomic mass is 16.5. The van der Waals surface area contributed by atoms with E-state index >= 15 is 0 Å². The molecule has 1 rings (SSSR count). The molecule has 4 nitrogen and oxygen atoms in total. The van der Waals surface area contributed by atoms with Gasteiger partial charge in [0.2, 0.25) is 0 Å². The van der Waals surface area contributed by atoms with Gasteiger partial charge in [-0.3, -0.25) is 4.79 Å². The van der Waals surface area contributed by atoms with E-state index in [0.29, 0.717) is 6.42 Å². The van der Waals surface area contributed by atoms with Crippen LogP contribution in [-0.2, 0) is 9.53 Å². The smallest absolute Gasteiger partial charge is 0.303 e. The molecule has 1 aliphatic heterocycles. The Morgan fingerprint density at radius 3 is 2.92 bits per heavy atom. The van der Waals surface area contributed by atoms with E-state index in [0.717, 1.165) is 13.0 Å². The molecule has 4 heteroatoms. The number of likely N-dealkylation sites (N-methyl/N-ethyl adjacent to an activating group) is 1. The van der Waals surface area contributed by atoms with Gasteiger partial charge >= 0.3 is 5.97 Å². The standard InChI is InChI=1S/C9H17NO3/c1-10-6-5-8(13-2)7(10)3-4-9(11)12/h7-8H,3-6H2,1-2H3,(H,11,12). The molecule has 1 saturated heterocycles. The molecular weight excluding hydrogens is 170 g/mol. The maximum Gasteiger partial charge on any atom is 0.303 e. The van der Waals surface area contributed by atoms with Crippen molar-refractivity contribution in [1.29, 1.82) is 0 Å². The summed E-state index contributed by atoms with van der Waals surface area (Å²) < 4.78 is 5.29. The van der Waals surface area contributed by atoms with Crippen molar-refractivity contribution >= 4 is 5.97 Å². The third kappa shape index (κ3) is 2.67. The Morgan fingerprint density at radius 1 is 1.69 bits per heavy atom. The third-order valence-corrected chi connectivity index (χ3v) is 2.72. The maximum atomic E-state index is 10.4. The summed E-state index contributed by atoms with van der Waals surface area (Å²) in [5.74, 6) is -0.727. The molecule has 76 valence electrons. The van der Waals surface area contributed by atoms with Crippen LogP contribution in [0.2, 0.25) is 0 Å². The van der Waals surface area contributed by atoms with Crippen LogP contribution in [0.1, 0.15) is 19.3 Å². The van der Waals surface area contributed by atoms with Crippen LogP contribution in [-0.4, -0.2) is 48.8 Å². The van der Waals surface area contributed by atoms with Gasteiger partial charge in [-0.2, -0.15) is 0 Å². The highest BCUT2D eigenvalue weighted by Gasteiger charge is 2.31. The summed E-state index contributed by atoms with van der Waals surface area (Å²) in [6.07, 6.45) is 2.14. The Bertz CT molecular complexity index is 184. The molecule has 1 N–H and O–H groups in total. The predicted octanol–water partition coefficient (Wildman–Crippen LogP) is 0.570. The largest absolute Gasteiger partial charge is 0.481 e. The van der Waals surface area contributed by atoms with E-state index < -0.39 is 5.97 Å². The minimum absolute atomic E-state index is 0.212. The SMILES string of the molecule is COC1CCN(C)C1CCC(=O)O. The number of rotatable bonds is 4. The number of hydrogen-bond acceptors (Lipinski definition) is 3. The zero-order chi connectivity index (χ0) is 9.84. The first-order chi connectivity index (χ1) is 6.15. The van der Waals surface area contributed by atoms with Crippen molar-refractivity contribution in [2.45, 2.75) is 31.4 Å². The Kier molecular flexibility index (Phi) is 3.69. The number of aliphatic carboxylic acids is 1. The van der Waals surface area contributed by atoms with Gasteiger partial charge < -0.3 is 14.7 Å².